The van der Waals surface area contributed by atoms with Crippen LogP contribution < -0.4 is 10.5 Å². The first-order valence-corrected chi connectivity index (χ1v) is 6.23. The van der Waals surface area contributed by atoms with E-state index in [-0.39, 0.29) is 0 Å². The van der Waals surface area contributed by atoms with Crippen molar-refractivity contribution in [1.82, 2.24) is 0 Å². The predicted molar refractivity (Wildman–Crippen MR) is 75.7 cm³/mol. The maximum absolute atomic E-state index is 8.76. The molecule has 0 fully saturated rings. The van der Waals surface area contributed by atoms with Crippen LogP contribution in [0, 0.1) is 11.3 Å². The van der Waals surface area contributed by atoms with Gasteiger partial charge < -0.3 is 10.5 Å². The molecule has 2 N–H and O–H groups in total. The number of benzene rings is 2. The number of nitrogen functional groups attached to an aromatic ring is 1. The zero-order valence-corrected chi connectivity index (χ0v) is 10.9. The molecular weight excluding hydrogens is 236 g/mol. The molecular formula is C16H16N2O. The Kier molecular flexibility index (Phi) is 4.04. The third kappa shape index (κ3) is 3.26. The van der Waals surface area contributed by atoms with Crippen molar-refractivity contribution >= 4 is 5.69 Å². The summed E-state index contributed by atoms with van der Waals surface area (Å²) in [5.74, 6) is 0.610. The Morgan fingerprint density at radius 1 is 1.11 bits per heavy atom. The molecule has 2 rings (SSSR count). The summed E-state index contributed by atoms with van der Waals surface area (Å²) in [4.78, 5) is 0. The summed E-state index contributed by atoms with van der Waals surface area (Å²) in [5.41, 5.74) is 9.26. The lowest BCUT2D eigenvalue weighted by molar-refractivity contribution is 0.308. The van der Waals surface area contributed by atoms with Crippen LogP contribution in [0.15, 0.2) is 42.5 Å². The van der Waals surface area contributed by atoms with Crippen molar-refractivity contribution in [3.8, 4) is 11.8 Å². The van der Waals surface area contributed by atoms with E-state index in [9.17, 15) is 0 Å². The average Bonchev–Trinajstić information content (AvgIpc) is 2.46. The molecule has 0 radical (unpaired) electrons. The highest BCUT2D eigenvalue weighted by molar-refractivity contribution is 5.56. The van der Waals surface area contributed by atoms with E-state index in [1.54, 1.807) is 18.2 Å². The van der Waals surface area contributed by atoms with Gasteiger partial charge in [0.05, 0.1) is 17.3 Å². The first kappa shape index (κ1) is 13.0. The normalized spacial score (nSPS) is 9.89. The van der Waals surface area contributed by atoms with Crippen molar-refractivity contribution in [2.24, 2.45) is 0 Å². The van der Waals surface area contributed by atoms with Gasteiger partial charge in [0.1, 0.15) is 12.4 Å². The number of nitrogens with two attached hydrogens (primary N) is 1. The summed E-state index contributed by atoms with van der Waals surface area (Å²) in [6.07, 6.45) is 1.03. The Bertz CT molecular complexity index is 597. The smallest absolute Gasteiger partial charge is 0.142 e. The summed E-state index contributed by atoms with van der Waals surface area (Å²) in [6, 6.07) is 15.4. The lowest BCUT2D eigenvalue weighted by Gasteiger charge is -2.09. The predicted octanol–water partition coefficient (Wildman–Crippen LogP) is 3.28. The Labute approximate surface area is 113 Å². The molecule has 2 aromatic rings. The number of nitriles is 1. The number of nitrogens with zero attached hydrogens (tertiary/aromatic N) is 1. The number of anilines is 1. The summed E-state index contributed by atoms with van der Waals surface area (Å²) in [5, 5.41) is 8.76. The van der Waals surface area contributed by atoms with Crippen LogP contribution in [0.2, 0.25) is 0 Å². The van der Waals surface area contributed by atoms with Gasteiger partial charge in [-0.25, -0.2) is 0 Å². The summed E-state index contributed by atoms with van der Waals surface area (Å²) in [6.45, 7) is 2.60. The van der Waals surface area contributed by atoms with E-state index in [4.69, 9.17) is 15.7 Å². The fourth-order valence-corrected chi connectivity index (χ4v) is 1.78. The molecule has 0 unspecified atom stereocenters. The third-order valence-electron chi connectivity index (χ3n) is 2.96. The molecule has 0 aliphatic rings. The quantitative estimate of drug-likeness (QED) is 0.849. The molecule has 0 bridgehead atoms. The largest absolute Gasteiger partial charge is 0.487 e. The molecule has 0 saturated carbocycles. The Balaban J connectivity index is 2.04. The topological polar surface area (TPSA) is 59.0 Å². The lowest BCUT2D eigenvalue weighted by Crippen LogP contribution is -1.99. The van der Waals surface area contributed by atoms with Crippen molar-refractivity contribution in [2.45, 2.75) is 20.0 Å². The highest BCUT2D eigenvalue weighted by atomic mass is 16.5. The molecule has 0 atom stereocenters. The number of hydrogen-bond donors (Lipinski definition) is 1. The van der Waals surface area contributed by atoms with E-state index in [1.165, 1.54) is 5.56 Å². The lowest BCUT2D eigenvalue weighted by atomic mass is 10.1. The second-order valence-corrected chi connectivity index (χ2v) is 4.32. The number of ether oxygens (including phenoxy) is 1. The van der Waals surface area contributed by atoms with Gasteiger partial charge in [0.25, 0.3) is 0 Å². The van der Waals surface area contributed by atoms with Crippen molar-refractivity contribution in [2.75, 3.05) is 5.73 Å². The van der Waals surface area contributed by atoms with Gasteiger partial charge in [-0.15, -0.1) is 0 Å². The first-order valence-electron chi connectivity index (χ1n) is 6.23. The maximum atomic E-state index is 8.76. The second kappa shape index (κ2) is 5.92. The Morgan fingerprint density at radius 2 is 1.79 bits per heavy atom. The molecule has 0 spiro atoms. The fraction of sp³-hybridized carbons (Fsp3) is 0.188. The van der Waals surface area contributed by atoms with Gasteiger partial charge in [-0.3, -0.25) is 0 Å². The average molecular weight is 252 g/mol. The maximum Gasteiger partial charge on any atom is 0.142 e. The molecule has 0 saturated heterocycles. The summed E-state index contributed by atoms with van der Waals surface area (Å²) in [7, 11) is 0. The van der Waals surface area contributed by atoms with Crippen LogP contribution in [0.3, 0.4) is 0 Å². The van der Waals surface area contributed by atoms with Gasteiger partial charge in [-0.2, -0.15) is 5.26 Å². The van der Waals surface area contributed by atoms with E-state index in [2.05, 4.69) is 31.2 Å². The minimum atomic E-state index is 0.472. The molecule has 96 valence electrons. The number of rotatable bonds is 4. The number of aryl methyl sites for hydroxylation is 1. The molecule has 3 nitrogen and oxygen atoms in total. The Morgan fingerprint density at radius 3 is 2.37 bits per heavy atom. The molecule has 0 aliphatic carbocycles. The van der Waals surface area contributed by atoms with Crippen LogP contribution in [-0.4, -0.2) is 0 Å². The van der Waals surface area contributed by atoms with Gasteiger partial charge in [-0.1, -0.05) is 31.2 Å². The highest BCUT2D eigenvalue weighted by Gasteiger charge is 2.02. The van der Waals surface area contributed by atoms with E-state index in [1.807, 2.05) is 6.07 Å². The van der Waals surface area contributed by atoms with Gasteiger partial charge in [-0.05, 0) is 35.7 Å². The molecule has 19 heavy (non-hydrogen) atoms. The van der Waals surface area contributed by atoms with E-state index in [0.29, 0.717) is 23.6 Å². The van der Waals surface area contributed by atoms with Gasteiger partial charge >= 0.3 is 0 Å². The SMILES string of the molecule is CCc1ccc(COc2ccc(C#N)cc2N)cc1. The summed E-state index contributed by atoms with van der Waals surface area (Å²) < 4.78 is 5.66. The third-order valence-corrected chi connectivity index (χ3v) is 2.96. The molecule has 0 aliphatic heterocycles. The molecule has 2 aromatic carbocycles. The standard InChI is InChI=1S/C16H16N2O/c1-2-12-3-5-13(6-4-12)11-19-16-8-7-14(10-17)9-15(16)18/h3-9H,2,11,18H2,1H3. The van der Waals surface area contributed by atoms with Gasteiger partial charge in [0, 0.05) is 0 Å². The van der Waals surface area contributed by atoms with Crippen LogP contribution in [0.4, 0.5) is 5.69 Å². The van der Waals surface area contributed by atoms with Crippen LogP contribution in [0.1, 0.15) is 23.6 Å². The van der Waals surface area contributed by atoms with E-state index in [0.717, 1.165) is 12.0 Å². The monoisotopic (exact) mass is 252 g/mol. The Hall–Kier alpha value is -2.47. The van der Waals surface area contributed by atoms with Crippen molar-refractivity contribution in [3.05, 3.63) is 59.2 Å². The zero-order chi connectivity index (χ0) is 13.7. The second-order valence-electron chi connectivity index (χ2n) is 4.32. The van der Waals surface area contributed by atoms with Gasteiger partial charge in [0.2, 0.25) is 0 Å². The molecule has 3 heteroatoms. The minimum absolute atomic E-state index is 0.472. The van der Waals surface area contributed by atoms with Crippen LogP contribution in [0.5, 0.6) is 5.75 Å². The molecule has 0 aromatic heterocycles. The van der Waals surface area contributed by atoms with Crippen molar-refractivity contribution in [1.29, 1.82) is 5.26 Å². The number of hydrogen-bond acceptors (Lipinski definition) is 3. The van der Waals surface area contributed by atoms with Crippen LogP contribution >= 0.6 is 0 Å². The van der Waals surface area contributed by atoms with E-state index >= 15 is 0 Å². The highest BCUT2D eigenvalue weighted by Crippen LogP contribution is 2.23. The molecule has 0 amide bonds. The van der Waals surface area contributed by atoms with Crippen LogP contribution in [0.25, 0.3) is 0 Å². The van der Waals surface area contributed by atoms with Crippen LogP contribution in [-0.2, 0) is 13.0 Å². The molecule has 0 heterocycles. The first-order chi connectivity index (χ1) is 9.22. The van der Waals surface area contributed by atoms with Crippen molar-refractivity contribution in [3.63, 3.8) is 0 Å². The zero-order valence-electron chi connectivity index (χ0n) is 10.9. The minimum Gasteiger partial charge on any atom is -0.487 e. The van der Waals surface area contributed by atoms with E-state index < -0.39 is 0 Å². The fourth-order valence-electron chi connectivity index (χ4n) is 1.78. The van der Waals surface area contributed by atoms with Crippen molar-refractivity contribution < 1.29 is 4.74 Å². The van der Waals surface area contributed by atoms with Gasteiger partial charge in [0.15, 0.2) is 0 Å². The summed E-state index contributed by atoms with van der Waals surface area (Å²) >= 11 is 0.